The van der Waals surface area contributed by atoms with Crippen LogP contribution in [0.25, 0.3) is 44.5 Å². The summed E-state index contributed by atoms with van der Waals surface area (Å²) in [5.41, 5.74) is 6.18. The zero-order chi connectivity index (χ0) is 29.1. The number of hydrogen-bond acceptors (Lipinski definition) is 3. The summed E-state index contributed by atoms with van der Waals surface area (Å²) in [5, 5.41) is 1.69. The van der Waals surface area contributed by atoms with Gasteiger partial charge in [0.05, 0.1) is 5.58 Å². The number of benzene rings is 3. The van der Waals surface area contributed by atoms with E-state index in [1.54, 1.807) is 12.1 Å². The summed E-state index contributed by atoms with van der Waals surface area (Å²) < 4.78 is 21.1. The Labute approximate surface area is 269 Å². The van der Waals surface area contributed by atoms with E-state index in [1.807, 2.05) is 48.8 Å². The number of aromatic nitrogens is 2. The maximum atomic E-state index is 14.0. The van der Waals surface area contributed by atoms with Gasteiger partial charge in [0, 0.05) is 31.7 Å². The smallest absolute Gasteiger partial charge is 0 e. The van der Waals surface area contributed by atoms with Crippen molar-refractivity contribution in [3.05, 3.63) is 115 Å². The Kier molecular flexibility index (Phi) is 9.96. The minimum Gasteiger partial charge on any atom is 0 e. The molecule has 0 unspecified atom stereocenters. The van der Waals surface area contributed by atoms with E-state index in [1.165, 1.54) is 41.7 Å². The molecule has 0 amide bonds. The monoisotopic (exact) mass is 809 g/mol. The van der Waals surface area contributed by atoms with Gasteiger partial charge in [-0.25, -0.2) is 4.39 Å². The Hall–Kier alpha value is -3.12. The molecule has 3 aromatic carbocycles. The number of hydrogen-bond donors (Lipinski definition) is 0. The van der Waals surface area contributed by atoms with E-state index in [0.717, 1.165) is 45.6 Å². The van der Waals surface area contributed by atoms with Gasteiger partial charge in [-0.15, -0.1) is 23.8 Å². The van der Waals surface area contributed by atoms with E-state index in [0.29, 0.717) is 11.2 Å². The molecular formula is C37H35FGeIrN2O-2. The molecule has 1 fully saturated rings. The van der Waals surface area contributed by atoms with Gasteiger partial charge in [-0.05, 0) is 30.2 Å². The summed E-state index contributed by atoms with van der Waals surface area (Å²) in [6, 6.07) is 31.8. The Balaban J connectivity index is 0.000000188. The van der Waals surface area contributed by atoms with E-state index in [9.17, 15) is 4.39 Å². The Bertz CT molecular complexity index is 1810. The number of para-hydroxylation sites is 1. The fraction of sp³-hybridized carbons (Fsp3) is 0.243. The van der Waals surface area contributed by atoms with Crippen molar-refractivity contribution >= 4 is 39.6 Å². The van der Waals surface area contributed by atoms with Crippen molar-refractivity contribution in [1.29, 1.82) is 0 Å². The predicted octanol–water partition coefficient (Wildman–Crippen LogP) is 9.41. The average Bonchev–Trinajstić information content (AvgIpc) is 3.66. The van der Waals surface area contributed by atoms with Gasteiger partial charge in [-0.3, -0.25) is 0 Å². The van der Waals surface area contributed by atoms with Crippen LogP contribution in [0.3, 0.4) is 0 Å². The molecule has 0 aliphatic heterocycles. The molecular weight excluding hydrogens is 772 g/mol. The molecule has 1 aliphatic rings. The second-order valence-electron chi connectivity index (χ2n) is 12.2. The molecule has 0 saturated heterocycles. The van der Waals surface area contributed by atoms with Crippen LogP contribution in [0.15, 0.2) is 95.7 Å². The van der Waals surface area contributed by atoms with Gasteiger partial charge < -0.3 is 9.40 Å². The first-order valence-corrected chi connectivity index (χ1v) is 22.1. The SMILES string of the molecule is Fc1cccc2c1oc1c[c-]c(-c3cc(CC4CCCC4)ccn3)cc12.[CH3][Ge]([CH3])([CH3])[c]1ccc(-c2[c-]cccc2)nc1.[Ir]. The van der Waals surface area contributed by atoms with E-state index in [2.05, 4.69) is 63.6 Å². The van der Waals surface area contributed by atoms with Crippen molar-refractivity contribution in [1.82, 2.24) is 9.97 Å². The van der Waals surface area contributed by atoms with Crippen LogP contribution in [0.5, 0.6) is 0 Å². The average molecular weight is 808 g/mol. The molecule has 1 saturated carbocycles. The molecule has 3 aromatic heterocycles. The maximum Gasteiger partial charge on any atom is 0 e. The summed E-state index contributed by atoms with van der Waals surface area (Å²) in [6.07, 6.45) is 10.4. The van der Waals surface area contributed by atoms with Crippen LogP contribution >= 0.6 is 0 Å². The summed E-state index contributed by atoms with van der Waals surface area (Å²) in [7, 11) is 0. The van der Waals surface area contributed by atoms with E-state index in [4.69, 9.17) is 4.42 Å². The second-order valence-corrected chi connectivity index (χ2v) is 22.9. The molecule has 0 atom stereocenters. The van der Waals surface area contributed by atoms with Crippen LogP contribution in [0, 0.1) is 23.9 Å². The largest absolute Gasteiger partial charge is 0 e. The molecule has 0 spiro atoms. The normalized spacial score (nSPS) is 13.5. The van der Waals surface area contributed by atoms with Crippen LogP contribution in [0.4, 0.5) is 4.39 Å². The standard InChI is InChI=1S/C23H19FNO.C14H16GeN.Ir/c24-20-7-3-6-18-19-14-17(8-9-22(19)26-23(18)20)21-13-16(10-11-25-21)12-15-4-1-2-5-15;1-15(2,3)13-9-10-14(16-11-13)12-7-5-4-6-8-12;/h3,6-7,9-11,13-15H,1-2,4-5,12H2;4-7,9-11H,1-3H3;/q2*-1;. The zero-order valence-electron chi connectivity index (χ0n) is 24.8. The van der Waals surface area contributed by atoms with Gasteiger partial charge in [0.2, 0.25) is 0 Å². The first kappa shape index (κ1) is 31.3. The van der Waals surface area contributed by atoms with Crippen LogP contribution < -0.4 is 4.40 Å². The molecule has 0 N–H and O–H groups in total. The summed E-state index contributed by atoms with van der Waals surface area (Å²) in [5.74, 6) is 7.61. The third kappa shape index (κ3) is 7.34. The summed E-state index contributed by atoms with van der Waals surface area (Å²) in [6.45, 7) is 0. The molecule has 3 heterocycles. The molecule has 1 aliphatic carbocycles. The minimum atomic E-state index is -1.72. The number of nitrogens with zero attached hydrogens (tertiary/aromatic N) is 2. The maximum absolute atomic E-state index is 14.0. The van der Waals surface area contributed by atoms with Gasteiger partial charge in [0.15, 0.2) is 11.4 Å². The van der Waals surface area contributed by atoms with Crippen molar-refractivity contribution in [2.45, 2.75) is 49.4 Å². The Morgan fingerprint density at radius 3 is 2.42 bits per heavy atom. The molecule has 3 nitrogen and oxygen atoms in total. The fourth-order valence-corrected chi connectivity index (χ4v) is 7.87. The van der Waals surface area contributed by atoms with Crippen LogP contribution in [0.2, 0.25) is 17.3 Å². The summed E-state index contributed by atoms with van der Waals surface area (Å²) in [4.78, 5) is 9.07. The van der Waals surface area contributed by atoms with Crippen molar-refractivity contribution in [3.63, 3.8) is 0 Å². The number of fused-ring (bicyclic) bond motifs is 3. The quantitative estimate of drug-likeness (QED) is 0.129. The molecule has 1 radical (unpaired) electrons. The van der Waals surface area contributed by atoms with Gasteiger partial charge in [-0.1, -0.05) is 54.8 Å². The molecule has 0 bridgehead atoms. The number of furan rings is 1. The first-order chi connectivity index (χ1) is 20.3. The third-order valence-electron chi connectivity index (χ3n) is 8.10. The number of rotatable bonds is 5. The van der Waals surface area contributed by atoms with Gasteiger partial charge in [0.25, 0.3) is 0 Å². The minimum absolute atomic E-state index is 0. The predicted molar refractivity (Wildman–Crippen MR) is 173 cm³/mol. The Morgan fingerprint density at radius 1 is 0.860 bits per heavy atom. The zero-order valence-corrected chi connectivity index (χ0v) is 29.3. The first-order valence-electron chi connectivity index (χ1n) is 14.8. The molecule has 43 heavy (non-hydrogen) atoms. The molecule has 6 aromatic rings. The third-order valence-corrected chi connectivity index (χ3v) is 12.4. The number of halogens is 1. The van der Waals surface area contributed by atoms with Gasteiger partial charge in [0.1, 0.15) is 0 Å². The van der Waals surface area contributed by atoms with Gasteiger partial charge in [-0.2, -0.15) is 0 Å². The van der Waals surface area contributed by atoms with E-state index in [-0.39, 0.29) is 25.9 Å². The number of pyridine rings is 2. The van der Waals surface area contributed by atoms with Gasteiger partial charge >= 0.3 is 99.8 Å². The van der Waals surface area contributed by atoms with Crippen molar-refractivity contribution < 1.29 is 28.9 Å². The van der Waals surface area contributed by atoms with Crippen LogP contribution in [-0.2, 0) is 26.5 Å². The second kappa shape index (κ2) is 13.7. The fourth-order valence-electron chi connectivity index (χ4n) is 5.70. The molecule has 221 valence electrons. The van der Waals surface area contributed by atoms with Crippen molar-refractivity contribution in [3.8, 4) is 22.5 Å². The van der Waals surface area contributed by atoms with Crippen LogP contribution in [-0.4, -0.2) is 23.2 Å². The van der Waals surface area contributed by atoms with E-state index >= 15 is 0 Å². The summed E-state index contributed by atoms with van der Waals surface area (Å²) >= 11 is -1.72. The van der Waals surface area contributed by atoms with Crippen LogP contribution in [0.1, 0.15) is 31.2 Å². The topological polar surface area (TPSA) is 38.9 Å². The molecule has 6 heteroatoms. The molecule has 7 rings (SSSR count). The van der Waals surface area contributed by atoms with E-state index < -0.39 is 13.3 Å². The van der Waals surface area contributed by atoms with Crippen molar-refractivity contribution in [2.75, 3.05) is 0 Å². The Morgan fingerprint density at radius 2 is 1.70 bits per heavy atom. The van der Waals surface area contributed by atoms with Crippen molar-refractivity contribution in [2.24, 2.45) is 5.92 Å².